The van der Waals surface area contributed by atoms with Gasteiger partial charge >= 0.3 is 0 Å². The molecule has 1 saturated heterocycles. The largest absolute Gasteiger partial charge is 0.374 e. The molecular weight excluding hydrogens is 358 g/mol. The molecule has 0 aliphatic carbocycles. The number of carbonyl (C=O) groups is 1. The quantitative estimate of drug-likeness (QED) is 0.702. The van der Waals surface area contributed by atoms with Crippen molar-refractivity contribution in [3.63, 3.8) is 0 Å². The van der Waals surface area contributed by atoms with Crippen molar-refractivity contribution in [2.75, 3.05) is 36.4 Å². The van der Waals surface area contributed by atoms with Crippen molar-refractivity contribution in [3.05, 3.63) is 84.9 Å². The third-order valence-electron chi connectivity index (χ3n) is 5.46. The van der Waals surface area contributed by atoms with E-state index < -0.39 is 0 Å². The Morgan fingerprint density at radius 1 is 0.759 bits per heavy atom. The van der Waals surface area contributed by atoms with Gasteiger partial charge in [0, 0.05) is 37.6 Å². The summed E-state index contributed by atoms with van der Waals surface area (Å²) in [5.41, 5.74) is 4.56. The standard InChI is InChI=1S/C25H27N3O/c1-20(26-23-14-12-22(13-15-23)21-8-4-2-5-9-21)25(29)28-18-16-27(17-19-28)24-10-6-3-7-11-24/h2-15,20,26H,16-19H2,1H3. The van der Waals surface area contributed by atoms with Crippen molar-refractivity contribution in [1.29, 1.82) is 0 Å². The summed E-state index contributed by atoms with van der Waals surface area (Å²) in [5, 5.41) is 3.36. The summed E-state index contributed by atoms with van der Waals surface area (Å²) in [7, 11) is 0. The van der Waals surface area contributed by atoms with Crippen molar-refractivity contribution < 1.29 is 4.79 Å². The van der Waals surface area contributed by atoms with Crippen molar-refractivity contribution in [2.45, 2.75) is 13.0 Å². The molecule has 3 aromatic carbocycles. The molecule has 0 bridgehead atoms. The lowest BCUT2D eigenvalue weighted by atomic mass is 10.1. The lowest BCUT2D eigenvalue weighted by molar-refractivity contribution is -0.131. The first-order chi connectivity index (χ1) is 14.2. The van der Waals surface area contributed by atoms with Gasteiger partial charge in [-0.25, -0.2) is 0 Å². The van der Waals surface area contributed by atoms with E-state index in [1.807, 2.05) is 48.2 Å². The van der Waals surface area contributed by atoms with Crippen LogP contribution in [-0.4, -0.2) is 43.0 Å². The second-order valence-electron chi connectivity index (χ2n) is 7.46. The maximum atomic E-state index is 12.9. The van der Waals surface area contributed by atoms with Gasteiger partial charge in [-0.05, 0) is 42.3 Å². The van der Waals surface area contributed by atoms with Crippen LogP contribution in [0.1, 0.15) is 6.92 Å². The van der Waals surface area contributed by atoms with Crippen LogP contribution in [-0.2, 0) is 4.79 Å². The van der Waals surface area contributed by atoms with Gasteiger partial charge in [0.15, 0.2) is 0 Å². The summed E-state index contributed by atoms with van der Waals surface area (Å²) in [6.45, 7) is 5.19. The molecular formula is C25H27N3O. The second kappa shape index (κ2) is 8.82. The van der Waals surface area contributed by atoms with Gasteiger partial charge in [-0.3, -0.25) is 4.79 Å². The van der Waals surface area contributed by atoms with Crippen molar-refractivity contribution in [2.24, 2.45) is 0 Å². The van der Waals surface area contributed by atoms with Crippen LogP contribution >= 0.6 is 0 Å². The van der Waals surface area contributed by atoms with E-state index in [4.69, 9.17) is 0 Å². The first-order valence-electron chi connectivity index (χ1n) is 10.2. The molecule has 1 N–H and O–H groups in total. The minimum absolute atomic E-state index is 0.157. The number of amides is 1. The van der Waals surface area contributed by atoms with E-state index in [-0.39, 0.29) is 11.9 Å². The highest BCUT2D eigenvalue weighted by molar-refractivity contribution is 5.84. The smallest absolute Gasteiger partial charge is 0.244 e. The number of rotatable bonds is 5. The Balaban J connectivity index is 1.32. The highest BCUT2D eigenvalue weighted by atomic mass is 16.2. The number of benzene rings is 3. The highest BCUT2D eigenvalue weighted by Crippen LogP contribution is 2.22. The average molecular weight is 386 g/mol. The van der Waals surface area contributed by atoms with Gasteiger partial charge < -0.3 is 15.1 Å². The molecule has 29 heavy (non-hydrogen) atoms. The zero-order valence-electron chi connectivity index (χ0n) is 16.8. The first-order valence-corrected chi connectivity index (χ1v) is 10.2. The number of para-hydroxylation sites is 1. The Hall–Kier alpha value is -3.27. The summed E-state index contributed by atoms with van der Waals surface area (Å²) < 4.78 is 0. The minimum atomic E-state index is -0.249. The topological polar surface area (TPSA) is 35.6 Å². The number of hydrogen-bond acceptors (Lipinski definition) is 3. The third-order valence-corrected chi connectivity index (χ3v) is 5.46. The van der Waals surface area contributed by atoms with E-state index in [9.17, 15) is 4.79 Å². The van der Waals surface area contributed by atoms with Crippen molar-refractivity contribution >= 4 is 17.3 Å². The second-order valence-corrected chi connectivity index (χ2v) is 7.46. The Morgan fingerprint density at radius 2 is 1.31 bits per heavy atom. The van der Waals surface area contributed by atoms with Crippen molar-refractivity contribution in [3.8, 4) is 11.1 Å². The third kappa shape index (κ3) is 4.60. The first kappa shape index (κ1) is 19.1. The van der Waals surface area contributed by atoms with E-state index in [1.54, 1.807) is 0 Å². The average Bonchev–Trinajstić information content (AvgIpc) is 2.80. The molecule has 1 fully saturated rings. The SMILES string of the molecule is CC(Nc1ccc(-c2ccccc2)cc1)C(=O)N1CCN(c2ccccc2)CC1. The molecule has 1 unspecified atom stereocenters. The zero-order chi connectivity index (χ0) is 20.1. The van der Waals surface area contributed by atoms with E-state index in [0.29, 0.717) is 0 Å². The summed E-state index contributed by atoms with van der Waals surface area (Å²) in [6.07, 6.45) is 0. The predicted octanol–water partition coefficient (Wildman–Crippen LogP) is 4.50. The summed E-state index contributed by atoms with van der Waals surface area (Å²) in [5.74, 6) is 0.157. The lowest BCUT2D eigenvalue weighted by Crippen LogP contribution is -2.52. The Morgan fingerprint density at radius 3 is 1.93 bits per heavy atom. The maximum Gasteiger partial charge on any atom is 0.244 e. The van der Waals surface area contributed by atoms with E-state index in [0.717, 1.165) is 31.9 Å². The van der Waals surface area contributed by atoms with Gasteiger partial charge in [-0.15, -0.1) is 0 Å². The van der Waals surface area contributed by atoms with E-state index >= 15 is 0 Å². The number of nitrogens with one attached hydrogen (secondary N) is 1. The summed E-state index contributed by atoms with van der Waals surface area (Å²) >= 11 is 0. The molecule has 1 amide bonds. The van der Waals surface area contributed by atoms with Gasteiger partial charge in [0.1, 0.15) is 6.04 Å². The van der Waals surface area contributed by atoms with Gasteiger partial charge in [-0.1, -0.05) is 60.7 Å². The Kier molecular flexibility index (Phi) is 5.80. The van der Waals surface area contributed by atoms with E-state index in [1.165, 1.54) is 16.8 Å². The normalized spacial score (nSPS) is 15.1. The molecule has 148 valence electrons. The fraction of sp³-hybridized carbons (Fsp3) is 0.240. The van der Waals surface area contributed by atoms with Crippen LogP contribution in [0.15, 0.2) is 84.9 Å². The number of piperazine rings is 1. The van der Waals surface area contributed by atoms with Gasteiger partial charge in [0.25, 0.3) is 0 Å². The number of anilines is 2. The molecule has 1 aliphatic heterocycles. The van der Waals surface area contributed by atoms with Crippen LogP contribution in [0.5, 0.6) is 0 Å². The number of nitrogens with zero attached hydrogens (tertiary/aromatic N) is 2. The lowest BCUT2D eigenvalue weighted by Gasteiger charge is -2.37. The molecule has 1 aliphatic rings. The van der Waals surface area contributed by atoms with Crippen LogP contribution in [0.4, 0.5) is 11.4 Å². The molecule has 0 radical (unpaired) electrons. The molecule has 4 rings (SSSR count). The monoisotopic (exact) mass is 385 g/mol. The highest BCUT2D eigenvalue weighted by Gasteiger charge is 2.25. The van der Waals surface area contributed by atoms with Gasteiger partial charge in [0.2, 0.25) is 5.91 Å². The predicted molar refractivity (Wildman–Crippen MR) is 120 cm³/mol. The van der Waals surface area contributed by atoms with Gasteiger partial charge in [-0.2, -0.15) is 0 Å². The molecule has 4 nitrogen and oxygen atoms in total. The molecule has 3 aromatic rings. The molecule has 0 saturated carbocycles. The fourth-order valence-electron chi connectivity index (χ4n) is 3.80. The molecule has 1 heterocycles. The zero-order valence-corrected chi connectivity index (χ0v) is 16.8. The molecule has 1 atom stereocenters. The summed E-state index contributed by atoms with van der Waals surface area (Å²) in [4.78, 5) is 17.2. The van der Waals surface area contributed by atoms with E-state index in [2.05, 4.69) is 58.7 Å². The minimum Gasteiger partial charge on any atom is -0.374 e. The van der Waals surface area contributed by atoms with Crippen molar-refractivity contribution in [1.82, 2.24) is 4.90 Å². The Bertz CT molecular complexity index is 917. The summed E-state index contributed by atoms with van der Waals surface area (Å²) in [6, 6.07) is 28.7. The maximum absolute atomic E-state index is 12.9. The van der Waals surface area contributed by atoms with Crippen LogP contribution < -0.4 is 10.2 Å². The Labute approximate surface area is 172 Å². The molecule has 0 spiro atoms. The molecule has 4 heteroatoms. The fourth-order valence-corrected chi connectivity index (χ4v) is 3.80. The number of hydrogen-bond donors (Lipinski definition) is 1. The molecule has 0 aromatic heterocycles. The van der Waals surface area contributed by atoms with Crippen LogP contribution in [0, 0.1) is 0 Å². The van der Waals surface area contributed by atoms with Crippen LogP contribution in [0.2, 0.25) is 0 Å². The van der Waals surface area contributed by atoms with Crippen LogP contribution in [0.3, 0.4) is 0 Å². The number of carbonyl (C=O) groups excluding carboxylic acids is 1. The van der Waals surface area contributed by atoms with Gasteiger partial charge in [0.05, 0.1) is 0 Å². The van der Waals surface area contributed by atoms with Crippen LogP contribution in [0.25, 0.3) is 11.1 Å².